The fraction of sp³-hybridized carbons (Fsp3) is 0.0769. The van der Waals surface area contributed by atoms with Crippen LogP contribution < -0.4 is 21.3 Å². The summed E-state index contributed by atoms with van der Waals surface area (Å²) in [5.74, 6) is 0. The van der Waals surface area contributed by atoms with E-state index < -0.39 is 0 Å². The van der Waals surface area contributed by atoms with E-state index >= 15 is 0 Å². The molecular formula is C26H23N5OS. The summed E-state index contributed by atoms with van der Waals surface area (Å²) >= 11 is 1.65. The van der Waals surface area contributed by atoms with Crippen LogP contribution in [-0.2, 0) is 6.54 Å². The van der Waals surface area contributed by atoms with Gasteiger partial charge in [-0.15, -0.1) is 11.3 Å². The van der Waals surface area contributed by atoms with Crippen LogP contribution in [0.15, 0.2) is 96.8 Å². The first kappa shape index (κ1) is 20.9. The number of amides is 2. The third-order valence-corrected chi connectivity index (χ3v) is 6.45. The first-order valence-electron chi connectivity index (χ1n) is 10.6. The van der Waals surface area contributed by atoms with E-state index in [0.717, 1.165) is 38.6 Å². The molecule has 2 aromatic heterocycles. The fourth-order valence-electron chi connectivity index (χ4n) is 3.85. The Balaban J connectivity index is 1.36. The standard InChI is InChI=1S/C26H23N5OS/c27-23-11-13-31(21-10-5-12-28-16-21)25-24(23)22(17-33-25)19-8-4-9-20(14-19)30-26(32)29-15-18-6-2-1-3-7-18/h1-14,16-17,23H,15,27H2,(H2,29,30,32). The van der Waals surface area contributed by atoms with Gasteiger partial charge in [0.2, 0.25) is 0 Å². The van der Waals surface area contributed by atoms with Crippen molar-refractivity contribution in [3.63, 3.8) is 0 Å². The van der Waals surface area contributed by atoms with Crippen LogP contribution in [-0.4, -0.2) is 11.0 Å². The number of aromatic nitrogens is 1. The summed E-state index contributed by atoms with van der Waals surface area (Å²) in [5, 5.41) is 9.02. The van der Waals surface area contributed by atoms with Crippen LogP contribution in [0, 0.1) is 0 Å². The topological polar surface area (TPSA) is 83.3 Å². The molecular weight excluding hydrogens is 430 g/mol. The number of nitrogens with two attached hydrogens (primary N) is 1. The van der Waals surface area contributed by atoms with Crippen LogP contribution in [0.25, 0.3) is 11.1 Å². The smallest absolute Gasteiger partial charge is 0.319 e. The summed E-state index contributed by atoms with van der Waals surface area (Å²) in [6, 6.07) is 21.1. The van der Waals surface area contributed by atoms with Crippen LogP contribution in [0.5, 0.6) is 0 Å². The number of urea groups is 1. The van der Waals surface area contributed by atoms with Crippen LogP contribution in [0.1, 0.15) is 17.2 Å². The lowest BCUT2D eigenvalue weighted by Crippen LogP contribution is -2.28. The Morgan fingerprint density at radius 2 is 1.97 bits per heavy atom. The molecule has 5 rings (SSSR count). The Kier molecular flexibility index (Phi) is 5.89. The molecule has 1 atom stereocenters. The van der Waals surface area contributed by atoms with Crippen molar-refractivity contribution in [1.82, 2.24) is 10.3 Å². The summed E-state index contributed by atoms with van der Waals surface area (Å²) in [4.78, 5) is 18.8. The van der Waals surface area contributed by atoms with Gasteiger partial charge in [-0.05, 0) is 47.0 Å². The molecule has 1 aliphatic heterocycles. The first-order valence-corrected chi connectivity index (χ1v) is 11.5. The minimum absolute atomic E-state index is 0.208. The number of hydrogen-bond acceptors (Lipinski definition) is 5. The predicted octanol–water partition coefficient (Wildman–Crippen LogP) is 5.80. The maximum absolute atomic E-state index is 12.4. The van der Waals surface area contributed by atoms with Gasteiger partial charge in [-0.1, -0.05) is 42.5 Å². The summed E-state index contributed by atoms with van der Waals surface area (Å²) in [5.41, 5.74) is 12.4. The summed E-state index contributed by atoms with van der Waals surface area (Å²) in [6.07, 6.45) is 7.59. The SMILES string of the molecule is NC1C=CN(c2cccnc2)c2scc(-c3cccc(NC(=O)NCc4ccccc4)c3)c21. The predicted molar refractivity (Wildman–Crippen MR) is 134 cm³/mol. The number of carbonyl (C=O) groups excluding carboxylic acids is 1. The Labute approximate surface area is 196 Å². The lowest BCUT2D eigenvalue weighted by Gasteiger charge is -2.27. The highest BCUT2D eigenvalue weighted by atomic mass is 32.1. The van der Waals surface area contributed by atoms with E-state index in [1.807, 2.05) is 85.2 Å². The molecule has 7 heteroatoms. The number of nitrogens with one attached hydrogen (secondary N) is 2. The van der Waals surface area contributed by atoms with Gasteiger partial charge in [0.15, 0.2) is 0 Å². The Morgan fingerprint density at radius 3 is 2.79 bits per heavy atom. The average molecular weight is 454 g/mol. The second-order valence-corrected chi connectivity index (χ2v) is 8.55. The lowest BCUT2D eigenvalue weighted by atomic mass is 9.97. The number of pyridine rings is 1. The molecule has 164 valence electrons. The molecule has 33 heavy (non-hydrogen) atoms. The number of benzene rings is 2. The van der Waals surface area contributed by atoms with Crippen molar-refractivity contribution in [2.24, 2.45) is 5.73 Å². The van der Waals surface area contributed by atoms with Gasteiger partial charge in [0.05, 0.1) is 17.9 Å². The highest BCUT2D eigenvalue weighted by Gasteiger charge is 2.25. The van der Waals surface area contributed by atoms with Crippen molar-refractivity contribution in [1.29, 1.82) is 0 Å². The minimum atomic E-state index is -0.245. The van der Waals surface area contributed by atoms with Crippen LogP contribution in [0.2, 0.25) is 0 Å². The number of anilines is 3. The molecule has 0 saturated heterocycles. The molecule has 6 nitrogen and oxygen atoms in total. The molecule has 0 aliphatic carbocycles. The Morgan fingerprint density at radius 1 is 1.09 bits per heavy atom. The summed E-state index contributed by atoms with van der Waals surface area (Å²) in [6.45, 7) is 0.468. The van der Waals surface area contributed by atoms with E-state index in [2.05, 4.69) is 25.9 Å². The van der Waals surface area contributed by atoms with E-state index in [4.69, 9.17) is 5.73 Å². The van der Waals surface area contributed by atoms with E-state index in [9.17, 15) is 4.79 Å². The number of fused-ring (bicyclic) bond motifs is 1. The van der Waals surface area contributed by atoms with Gasteiger partial charge in [0, 0.05) is 35.6 Å². The second-order valence-electron chi connectivity index (χ2n) is 7.69. The zero-order chi connectivity index (χ0) is 22.6. The van der Waals surface area contributed by atoms with Crippen molar-refractivity contribution in [3.05, 3.63) is 108 Å². The van der Waals surface area contributed by atoms with Gasteiger partial charge < -0.3 is 21.3 Å². The molecule has 1 aliphatic rings. The molecule has 3 heterocycles. The van der Waals surface area contributed by atoms with Crippen molar-refractivity contribution < 1.29 is 4.79 Å². The summed E-state index contributed by atoms with van der Waals surface area (Å²) < 4.78 is 0. The number of rotatable bonds is 5. The van der Waals surface area contributed by atoms with Gasteiger partial charge in [-0.3, -0.25) is 4.98 Å². The third kappa shape index (κ3) is 4.50. The van der Waals surface area contributed by atoms with Gasteiger partial charge in [0.1, 0.15) is 5.00 Å². The van der Waals surface area contributed by atoms with Crippen molar-refractivity contribution >= 4 is 33.7 Å². The molecule has 0 spiro atoms. The molecule has 2 amide bonds. The average Bonchev–Trinajstić information content (AvgIpc) is 3.31. The molecule has 0 bridgehead atoms. The Hall–Kier alpha value is -3.94. The molecule has 2 aromatic carbocycles. The number of thiophene rings is 1. The van der Waals surface area contributed by atoms with E-state index in [1.165, 1.54) is 0 Å². The fourth-order valence-corrected chi connectivity index (χ4v) is 4.99. The molecule has 0 saturated carbocycles. The van der Waals surface area contributed by atoms with Crippen LogP contribution >= 0.6 is 11.3 Å². The van der Waals surface area contributed by atoms with Crippen molar-refractivity contribution in [2.75, 3.05) is 10.2 Å². The zero-order valence-electron chi connectivity index (χ0n) is 17.8. The maximum atomic E-state index is 12.4. The zero-order valence-corrected chi connectivity index (χ0v) is 18.6. The van der Waals surface area contributed by atoms with Gasteiger partial charge in [0.25, 0.3) is 0 Å². The molecule has 0 fully saturated rings. The van der Waals surface area contributed by atoms with Crippen molar-refractivity contribution in [3.8, 4) is 11.1 Å². The molecule has 4 N–H and O–H groups in total. The van der Waals surface area contributed by atoms with Gasteiger partial charge >= 0.3 is 6.03 Å². The Bertz CT molecular complexity index is 1290. The second kappa shape index (κ2) is 9.28. The number of nitrogens with zero attached hydrogens (tertiary/aromatic N) is 2. The highest BCUT2D eigenvalue weighted by Crippen LogP contribution is 2.46. The molecule has 0 radical (unpaired) electrons. The van der Waals surface area contributed by atoms with E-state index in [-0.39, 0.29) is 12.1 Å². The third-order valence-electron chi connectivity index (χ3n) is 5.46. The van der Waals surface area contributed by atoms with Crippen molar-refractivity contribution in [2.45, 2.75) is 12.6 Å². The largest absolute Gasteiger partial charge is 0.334 e. The number of carbonyl (C=O) groups is 1. The molecule has 1 unspecified atom stereocenters. The van der Waals surface area contributed by atoms with Gasteiger partial charge in [-0.2, -0.15) is 0 Å². The quantitative estimate of drug-likeness (QED) is 0.357. The molecule has 4 aromatic rings. The maximum Gasteiger partial charge on any atom is 0.319 e. The summed E-state index contributed by atoms with van der Waals surface area (Å²) in [7, 11) is 0. The highest BCUT2D eigenvalue weighted by molar-refractivity contribution is 7.15. The normalized spacial score (nSPS) is 14.6. The monoisotopic (exact) mass is 453 g/mol. The van der Waals surface area contributed by atoms with E-state index in [0.29, 0.717) is 6.54 Å². The lowest BCUT2D eigenvalue weighted by molar-refractivity contribution is 0.251. The number of hydrogen-bond donors (Lipinski definition) is 3. The van der Waals surface area contributed by atoms with Crippen LogP contribution in [0.4, 0.5) is 21.2 Å². The minimum Gasteiger partial charge on any atom is -0.334 e. The first-order chi connectivity index (χ1) is 16.2. The van der Waals surface area contributed by atoms with Gasteiger partial charge in [-0.25, -0.2) is 4.79 Å². The van der Waals surface area contributed by atoms with E-state index in [1.54, 1.807) is 17.5 Å². The van der Waals surface area contributed by atoms with Crippen LogP contribution in [0.3, 0.4) is 0 Å².